The molecule has 0 N–H and O–H groups in total. The molecule has 1 saturated carbocycles. The van der Waals surface area contributed by atoms with Crippen LogP contribution in [0.2, 0.25) is 0 Å². The van der Waals surface area contributed by atoms with E-state index >= 15 is 0 Å². The summed E-state index contributed by atoms with van der Waals surface area (Å²) in [7, 11) is 0. The molecule has 0 heteroatoms. The Hall–Kier alpha value is -1.56. The fourth-order valence-electron chi connectivity index (χ4n) is 3.78. The number of hydrogen-bond donors (Lipinski definition) is 0. The van der Waals surface area contributed by atoms with E-state index in [9.17, 15) is 0 Å². The Morgan fingerprint density at radius 1 is 0.727 bits per heavy atom. The van der Waals surface area contributed by atoms with Gasteiger partial charge in [0.25, 0.3) is 0 Å². The largest absolute Gasteiger partial charge is 0.0651 e. The van der Waals surface area contributed by atoms with Crippen LogP contribution in [0.25, 0.3) is 11.1 Å². The zero-order chi connectivity index (χ0) is 15.4. The molecule has 0 atom stereocenters. The maximum Gasteiger partial charge on any atom is -0.0162 e. The molecule has 0 amide bonds. The topological polar surface area (TPSA) is 0 Å². The van der Waals surface area contributed by atoms with Crippen molar-refractivity contribution in [3.05, 3.63) is 59.7 Å². The maximum atomic E-state index is 2.36. The van der Waals surface area contributed by atoms with Crippen molar-refractivity contribution in [2.45, 2.75) is 58.3 Å². The standard InChI is InChI=1S/C22H28/c1-3-17-5-9-19(10-6-17)21-13-15-22(16-14-21)20-11-7-18(4-2)8-12-20/h5-6,9-10,13-16,18,20H,3-4,7-8,11-12H2,1-2H3/t18-,20-. The predicted molar refractivity (Wildman–Crippen MR) is 96.2 cm³/mol. The lowest BCUT2D eigenvalue weighted by Gasteiger charge is -2.28. The van der Waals surface area contributed by atoms with E-state index in [0.717, 1.165) is 18.3 Å². The summed E-state index contributed by atoms with van der Waals surface area (Å²) in [5.74, 6) is 1.77. The number of aryl methyl sites for hydroxylation is 1. The first-order valence-corrected chi connectivity index (χ1v) is 8.99. The molecule has 1 fully saturated rings. The average Bonchev–Trinajstić information content (AvgIpc) is 2.62. The highest BCUT2D eigenvalue weighted by Gasteiger charge is 2.21. The Labute approximate surface area is 135 Å². The van der Waals surface area contributed by atoms with Crippen molar-refractivity contribution in [3.8, 4) is 11.1 Å². The van der Waals surface area contributed by atoms with Gasteiger partial charge in [-0.1, -0.05) is 68.8 Å². The Kier molecular flexibility index (Phi) is 4.97. The second-order valence-electron chi connectivity index (χ2n) is 6.80. The summed E-state index contributed by atoms with van der Waals surface area (Å²) in [4.78, 5) is 0. The van der Waals surface area contributed by atoms with E-state index in [1.807, 2.05) is 0 Å². The molecule has 3 rings (SSSR count). The third kappa shape index (κ3) is 3.43. The normalized spacial score (nSPS) is 21.7. The van der Waals surface area contributed by atoms with Crippen LogP contribution in [0, 0.1) is 5.92 Å². The van der Waals surface area contributed by atoms with Gasteiger partial charge in [0, 0.05) is 0 Å². The Morgan fingerprint density at radius 2 is 1.27 bits per heavy atom. The summed E-state index contributed by atoms with van der Waals surface area (Å²) in [6.45, 7) is 4.54. The summed E-state index contributed by atoms with van der Waals surface area (Å²) in [5.41, 5.74) is 5.63. The monoisotopic (exact) mass is 292 g/mol. The van der Waals surface area contributed by atoms with Gasteiger partial charge in [-0.3, -0.25) is 0 Å². The highest BCUT2D eigenvalue weighted by Crippen LogP contribution is 2.37. The Balaban J connectivity index is 1.69. The highest BCUT2D eigenvalue weighted by atomic mass is 14.3. The molecule has 1 aliphatic carbocycles. The van der Waals surface area contributed by atoms with Gasteiger partial charge in [0.1, 0.15) is 0 Å². The van der Waals surface area contributed by atoms with E-state index in [0.29, 0.717) is 0 Å². The summed E-state index contributed by atoms with van der Waals surface area (Å²) in [6.07, 6.45) is 8.06. The molecule has 0 saturated heterocycles. The third-order valence-corrected chi connectivity index (χ3v) is 5.50. The van der Waals surface area contributed by atoms with Crippen molar-refractivity contribution in [2.24, 2.45) is 5.92 Å². The van der Waals surface area contributed by atoms with Crippen molar-refractivity contribution in [1.82, 2.24) is 0 Å². The molecular weight excluding hydrogens is 264 g/mol. The van der Waals surface area contributed by atoms with Gasteiger partial charge in [0.15, 0.2) is 0 Å². The fraction of sp³-hybridized carbons (Fsp3) is 0.455. The molecule has 0 spiro atoms. The Morgan fingerprint density at radius 3 is 1.77 bits per heavy atom. The molecule has 22 heavy (non-hydrogen) atoms. The summed E-state index contributed by atoms with van der Waals surface area (Å²) >= 11 is 0. The van der Waals surface area contributed by atoms with E-state index in [1.165, 1.54) is 48.8 Å². The minimum absolute atomic E-state index is 0.791. The lowest BCUT2D eigenvalue weighted by molar-refractivity contribution is 0.319. The van der Waals surface area contributed by atoms with Gasteiger partial charge in [0.05, 0.1) is 0 Å². The molecule has 0 aromatic heterocycles. The van der Waals surface area contributed by atoms with Crippen molar-refractivity contribution in [3.63, 3.8) is 0 Å². The molecule has 2 aromatic carbocycles. The first-order chi connectivity index (χ1) is 10.8. The average molecular weight is 292 g/mol. The predicted octanol–water partition coefficient (Wildman–Crippen LogP) is 6.60. The van der Waals surface area contributed by atoms with E-state index in [-0.39, 0.29) is 0 Å². The van der Waals surface area contributed by atoms with Crippen molar-refractivity contribution < 1.29 is 0 Å². The van der Waals surface area contributed by atoms with Gasteiger partial charge >= 0.3 is 0 Å². The molecular formula is C22H28. The van der Waals surface area contributed by atoms with Crippen molar-refractivity contribution in [2.75, 3.05) is 0 Å². The molecule has 0 heterocycles. The quantitative estimate of drug-likeness (QED) is 0.595. The van der Waals surface area contributed by atoms with Crippen LogP contribution in [0.5, 0.6) is 0 Å². The van der Waals surface area contributed by atoms with Gasteiger partial charge in [-0.25, -0.2) is 0 Å². The number of hydrogen-bond acceptors (Lipinski definition) is 0. The smallest absolute Gasteiger partial charge is 0.0162 e. The minimum Gasteiger partial charge on any atom is -0.0651 e. The zero-order valence-electron chi connectivity index (χ0n) is 14.0. The van der Waals surface area contributed by atoms with Crippen LogP contribution in [0.1, 0.15) is 63.0 Å². The molecule has 0 radical (unpaired) electrons. The van der Waals surface area contributed by atoms with Gasteiger partial charge in [-0.2, -0.15) is 0 Å². The van der Waals surface area contributed by atoms with Crippen LogP contribution >= 0.6 is 0 Å². The summed E-state index contributed by atoms with van der Waals surface area (Å²) in [5, 5.41) is 0. The highest BCUT2D eigenvalue weighted by molar-refractivity contribution is 5.64. The first-order valence-electron chi connectivity index (χ1n) is 8.99. The first kappa shape index (κ1) is 15.3. The molecule has 0 bridgehead atoms. The van der Waals surface area contributed by atoms with E-state index < -0.39 is 0 Å². The van der Waals surface area contributed by atoms with Crippen LogP contribution in [-0.4, -0.2) is 0 Å². The van der Waals surface area contributed by atoms with Gasteiger partial charge < -0.3 is 0 Å². The van der Waals surface area contributed by atoms with Gasteiger partial charge in [-0.15, -0.1) is 0 Å². The van der Waals surface area contributed by atoms with E-state index in [4.69, 9.17) is 0 Å². The van der Waals surface area contributed by atoms with E-state index in [1.54, 1.807) is 5.56 Å². The van der Waals surface area contributed by atoms with Crippen LogP contribution in [0.4, 0.5) is 0 Å². The zero-order valence-corrected chi connectivity index (χ0v) is 14.0. The lowest BCUT2D eigenvalue weighted by Crippen LogP contribution is -2.12. The van der Waals surface area contributed by atoms with Crippen molar-refractivity contribution >= 4 is 0 Å². The molecule has 2 aromatic rings. The van der Waals surface area contributed by atoms with Crippen LogP contribution in [0.3, 0.4) is 0 Å². The van der Waals surface area contributed by atoms with Crippen LogP contribution in [0.15, 0.2) is 48.5 Å². The Bertz CT molecular complexity index is 568. The third-order valence-electron chi connectivity index (χ3n) is 5.50. The summed E-state index contributed by atoms with van der Waals surface area (Å²) in [6, 6.07) is 18.3. The fourth-order valence-corrected chi connectivity index (χ4v) is 3.78. The van der Waals surface area contributed by atoms with Gasteiger partial charge in [-0.05, 0) is 66.2 Å². The minimum atomic E-state index is 0.791. The molecule has 0 unspecified atom stereocenters. The SMILES string of the molecule is CCc1ccc(-c2ccc([C@H]3CC[C@H](CC)CC3)cc2)cc1. The molecule has 0 aliphatic heterocycles. The summed E-state index contributed by atoms with van der Waals surface area (Å²) < 4.78 is 0. The maximum absolute atomic E-state index is 2.36. The van der Waals surface area contributed by atoms with Gasteiger partial charge in [0.2, 0.25) is 0 Å². The molecule has 1 aliphatic rings. The molecule has 116 valence electrons. The van der Waals surface area contributed by atoms with Crippen molar-refractivity contribution in [1.29, 1.82) is 0 Å². The van der Waals surface area contributed by atoms with Crippen LogP contribution in [-0.2, 0) is 6.42 Å². The van der Waals surface area contributed by atoms with E-state index in [2.05, 4.69) is 62.4 Å². The number of rotatable bonds is 4. The molecule has 0 nitrogen and oxygen atoms in total. The second-order valence-corrected chi connectivity index (χ2v) is 6.80. The second kappa shape index (κ2) is 7.13. The van der Waals surface area contributed by atoms with Crippen LogP contribution < -0.4 is 0 Å². The lowest BCUT2D eigenvalue weighted by atomic mass is 9.77. The number of benzene rings is 2.